The third kappa shape index (κ3) is 2.26. The fourth-order valence-corrected chi connectivity index (χ4v) is 2.72. The molecule has 0 aromatic carbocycles. The van der Waals surface area contributed by atoms with E-state index >= 15 is 0 Å². The van der Waals surface area contributed by atoms with E-state index in [0.29, 0.717) is 11.8 Å². The van der Waals surface area contributed by atoms with Crippen molar-refractivity contribution in [2.45, 2.75) is 43.9 Å². The van der Waals surface area contributed by atoms with E-state index in [4.69, 9.17) is 23.2 Å². The molecule has 11 heavy (non-hydrogen) atoms. The molecule has 0 nitrogen and oxygen atoms in total. The SMILES string of the molecule is CC(C)C1CCCC(Cl)C1Cl. The summed E-state index contributed by atoms with van der Waals surface area (Å²) in [6, 6.07) is 0. The molecule has 0 N–H and O–H groups in total. The van der Waals surface area contributed by atoms with E-state index < -0.39 is 0 Å². The van der Waals surface area contributed by atoms with Gasteiger partial charge in [0.05, 0.1) is 10.8 Å². The lowest BCUT2D eigenvalue weighted by Gasteiger charge is -2.33. The summed E-state index contributed by atoms with van der Waals surface area (Å²) in [6.45, 7) is 4.46. The second kappa shape index (κ2) is 4.00. The van der Waals surface area contributed by atoms with Gasteiger partial charge in [-0.2, -0.15) is 0 Å². The first-order valence-electron chi connectivity index (χ1n) is 4.41. The molecule has 2 heteroatoms. The van der Waals surface area contributed by atoms with Crippen LogP contribution in [-0.4, -0.2) is 10.8 Å². The summed E-state index contributed by atoms with van der Waals surface area (Å²) in [6.07, 6.45) is 3.61. The quantitative estimate of drug-likeness (QED) is 0.560. The van der Waals surface area contributed by atoms with Gasteiger partial charge in [-0.05, 0) is 24.7 Å². The molecule has 3 unspecified atom stereocenters. The molecule has 1 aliphatic carbocycles. The van der Waals surface area contributed by atoms with Crippen molar-refractivity contribution in [3.05, 3.63) is 0 Å². The molecule has 0 aliphatic heterocycles. The number of alkyl halides is 2. The number of hydrogen-bond acceptors (Lipinski definition) is 0. The van der Waals surface area contributed by atoms with Gasteiger partial charge in [-0.25, -0.2) is 0 Å². The van der Waals surface area contributed by atoms with Crippen LogP contribution >= 0.6 is 23.2 Å². The van der Waals surface area contributed by atoms with Crippen molar-refractivity contribution in [2.75, 3.05) is 0 Å². The Balaban J connectivity index is 2.51. The minimum Gasteiger partial charge on any atom is -0.121 e. The molecule has 1 rings (SSSR count). The maximum atomic E-state index is 6.20. The molecular weight excluding hydrogens is 179 g/mol. The summed E-state index contributed by atoms with van der Waals surface area (Å²) in [5.41, 5.74) is 0. The first-order chi connectivity index (χ1) is 5.13. The van der Waals surface area contributed by atoms with Crippen molar-refractivity contribution in [3.63, 3.8) is 0 Å². The first-order valence-corrected chi connectivity index (χ1v) is 5.28. The third-order valence-electron chi connectivity index (χ3n) is 2.63. The first kappa shape index (κ1) is 9.67. The summed E-state index contributed by atoms with van der Waals surface area (Å²) in [5.74, 6) is 1.31. The van der Waals surface area contributed by atoms with Crippen molar-refractivity contribution in [2.24, 2.45) is 11.8 Å². The van der Waals surface area contributed by atoms with Gasteiger partial charge in [0.15, 0.2) is 0 Å². The molecule has 0 radical (unpaired) electrons. The maximum Gasteiger partial charge on any atom is 0.0530 e. The lowest BCUT2D eigenvalue weighted by Crippen LogP contribution is -2.32. The molecule has 0 amide bonds. The summed E-state index contributed by atoms with van der Waals surface area (Å²) in [7, 11) is 0. The Bertz CT molecular complexity index is 123. The molecule has 0 saturated heterocycles. The maximum absolute atomic E-state index is 6.20. The zero-order valence-corrected chi connectivity index (χ0v) is 8.70. The van der Waals surface area contributed by atoms with Gasteiger partial charge in [0.2, 0.25) is 0 Å². The van der Waals surface area contributed by atoms with E-state index in [0.717, 1.165) is 6.42 Å². The highest BCUT2D eigenvalue weighted by Gasteiger charge is 2.31. The average molecular weight is 195 g/mol. The molecule has 1 saturated carbocycles. The largest absolute Gasteiger partial charge is 0.121 e. The van der Waals surface area contributed by atoms with Gasteiger partial charge >= 0.3 is 0 Å². The summed E-state index contributed by atoms with van der Waals surface area (Å²) in [4.78, 5) is 0. The highest BCUT2D eigenvalue weighted by molar-refractivity contribution is 6.30. The average Bonchev–Trinajstić information content (AvgIpc) is 1.94. The fraction of sp³-hybridized carbons (Fsp3) is 1.00. The Labute approximate surface area is 79.3 Å². The smallest absolute Gasteiger partial charge is 0.0530 e. The summed E-state index contributed by atoms with van der Waals surface area (Å²) in [5, 5.41) is 0.406. The summed E-state index contributed by atoms with van der Waals surface area (Å²) >= 11 is 12.3. The van der Waals surface area contributed by atoms with Gasteiger partial charge in [-0.15, -0.1) is 23.2 Å². The molecule has 66 valence electrons. The van der Waals surface area contributed by atoms with Crippen molar-refractivity contribution in [1.29, 1.82) is 0 Å². The van der Waals surface area contributed by atoms with Gasteiger partial charge < -0.3 is 0 Å². The van der Waals surface area contributed by atoms with Crippen LogP contribution in [0.3, 0.4) is 0 Å². The van der Waals surface area contributed by atoms with Gasteiger partial charge in [0.25, 0.3) is 0 Å². The predicted molar refractivity (Wildman–Crippen MR) is 51.5 cm³/mol. The van der Waals surface area contributed by atoms with E-state index in [1.807, 2.05) is 0 Å². The lowest BCUT2D eigenvalue weighted by molar-refractivity contribution is 0.289. The van der Waals surface area contributed by atoms with Crippen molar-refractivity contribution < 1.29 is 0 Å². The number of halogens is 2. The normalized spacial score (nSPS) is 39.5. The van der Waals surface area contributed by atoms with Crippen LogP contribution in [-0.2, 0) is 0 Å². The fourth-order valence-electron chi connectivity index (χ4n) is 1.84. The minimum absolute atomic E-state index is 0.199. The Morgan fingerprint density at radius 1 is 1.18 bits per heavy atom. The Hall–Kier alpha value is 0.580. The Kier molecular flexibility index (Phi) is 3.52. The zero-order chi connectivity index (χ0) is 8.43. The highest BCUT2D eigenvalue weighted by atomic mass is 35.5. The van der Waals surface area contributed by atoms with E-state index in [2.05, 4.69) is 13.8 Å². The topological polar surface area (TPSA) is 0 Å². The van der Waals surface area contributed by atoms with Crippen LogP contribution < -0.4 is 0 Å². The van der Waals surface area contributed by atoms with Crippen LogP contribution in [0.1, 0.15) is 33.1 Å². The van der Waals surface area contributed by atoms with Gasteiger partial charge in [-0.1, -0.05) is 20.3 Å². The highest BCUT2D eigenvalue weighted by Crippen LogP contribution is 2.36. The Morgan fingerprint density at radius 3 is 2.27 bits per heavy atom. The van der Waals surface area contributed by atoms with Crippen LogP contribution in [0.2, 0.25) is 0 Å². The molecule has 0 aromatic heterocycles. The van der Waals surface area contributed by atoms with Crippen molar-refractivity contribution in [3.8, 4) is 0 Å². The van der Waals surface area contributed by atoms with Gasteiger partial charge in [-0.3, -0.25) is 0 Å². The van der Waals surface area contributed by atoms with E-state index in [1.165, 1.54) is 12.8 Å². The molecule has 1 aliphatic rings. The monoisotopic (exact) mass is 194 g/mol. The molecule has 0 bridgehead atoms. The molecular formula is C9H16Cl2. The van der Waals surface area contributed by atoms with Gasteiger partial charge in [0, 0.05) is 0 Å². The number of hydrogen-bond donors (Lipinski definition) is 0. The number of rotatable bonds is 1. The van der Waals surface area contributed by atoms with Crippen LogP contribution in [0.25, 0.3) is 0 Å². The zero-order valence-electron chi connectivity index (χ0n) is 7.19. The van der Waals surface area contributed by atoms with Crippen LogP contribution in [0.5, 0.6) is 0 Å². The summed E-state index contributed by atoms with van der Waals surface area (Å²) < 4.78 is 0. The van der Waals surface area contributed by atoms with E-state index in [1.54, 1.807) is 0 Å². The molecule has 3 atom stereocenters. The van der Waals surface area contributed by atoms with Crippen molar-refractivity contribution >= 4 is 23.2 Å². The second-order valence-corrected chi connectivity index (χ2v) is 4.86. The molecule has 0 heterocycles. The third-order valence-corrected chi connectivity index (χ3v) is 3.87. The van der Waals surface area contributed by atoms with E-state index in [9.17, 15) is 0 Å². The standard InChI is InChI=1S/C9H16Cl2/c1-6(2)7-4-3-5-8(10)9(7)11/h6-9H,3-5H2,1-2H3. The Morgan fingerprint density at radius 2 is 1.82 bits per heavy atom. The molecule has 0 spiro atoms. The molecule has 0 aromatic rings. The van der Waals surface area contributed by atoms with Crippen LogP contribution in [0.15, 0.2) is 0 Å². The predicted octanol–water partition coefficient (Wildman–Crippen LogP) is 3.66. The van der Waals surface area contributed by atoms with Crippen LogP contribution in [0, 0.1) is 11.8 Å². The van der Waals surface area contributed by atoms with Crippen LogP contribution in [0.4, 0.5) is 0 Å². The van der Waals surface area contributed by atoms with Crippen molar-refractivity contribution in [1.82, 2.24) is 0 Å². The lowest BCUT2D eigenvalue weighted by atomic mass is 9.81. The van der Waals surface area contributed by atoms with Gasteiger partial charge in [0.1, 0.15) is 0 Å². The minimum atomic E-state index is 0.199. The second-order valence-electron chi connectivity index (χ2n) is 3.80. The molecule has 1 fully saturated rings. The van der Waals surface area contributed by atoms with E-state index in [-0.39, 0.29) is 10.8 Å².